The van der Waals surface area contributed by atoms with Gasteiger partial charge >= 0.3 is 44.8 Å². The van der Waals surface area contributed by atoms with Crippen LogP contribution in [0, 0.1) is 24.7 Å². The van der Waals surface area contributed by atoms with Gasteiger partial charge in [0, 0.05) is 0 Å². The van der Waals surface area contributed by atoms with Crippen LogP contribution in [0.4, 0.5) is 0 Å². The molecule has 0 amide bonds. The second-order valence-corrected chi connectivity index (χ2v) is 26.0. The Labute approximate surface area is 524 Å². The third-order valence-electron chi connectivity index (χ3n) is 16.1. The SMILES string of the molecule is [Ag+].[Ag+].[C-]#Cc1cccc2c1-c1ccccc1C2(c1ccccc1)c1ccccc1.[C-]#Cc1cccc2c1-c1ccccc1C2(c1ccccc1)c1ccccc1.c1ccc([PH+](C[PH+](c2ccccc2)c2ccccc2)c2ccccc2)cc1. The molecule has 404 valence electrons. The summed E-state index contributed by atoms with van der Waals surface area (Å²) in [5.74, 6) is 6.57. The summed E-state index contributed by atoms with van der Waals surface area (Å²) in [5, 5.41) is 6.01. The van der Waals surface area contributed by atoms with E-state index in [4.69, 9.17) is 12.8 Å². The van der Waals surface area contributed by atoms with Crippen molar-refractivity contribution in [1.82, 2.24) is 0 Å². The first-order valence-electron chi connectivity index (χ1n) is 27.6. The molecule has 0 aromatic heterocycles. The molecule has 14 rings (SSSR count). The fourth-order valence-electron chi connectivity index (χ4n) is 12.7. The van der Waals surface area contributed by atoms with E-state index >= 15 is 0 Å². The minimum Gasteiger partial charge on any atom is -0.366 e. The molecule has 0 saturated carbocycles. The van der Waals surface area contributed by atoms with Crippen LogP contribution < -0.4 is 21.2 Å². The summed E-state index contributed by atoms with van der Waals surface area (Å²) in [7, 11) is -1.69. The molecule has 0 unspecified atom stereocenters. The van der Waals surface area contributed by atoms with E-state index in [1.54, 1.807) is 0 Å². The van der Waals surface area contributed by atoms with Crippen molar-refractivity contribution in [3.05, 3.63) is 396 Å². The second kappa shape index (κ2) is 27.0. The molecule has 0 saturated heterocycles. The zero-order valence-corrected chi connectivity index (χ0v) is 50.5. The van der Waals surface area contributed by atoms with Crippen LogP contribution in [0.3, 0.4) is 0 Å². The molecule has 12 aromatic carbocycles. The van der Waals surface area contributed by atoms with E-state index in [0.717, 1.165) is 22.3 Å². The molecule has 0 aliphatic heterocycles. The first kappa shape index (κ1) is 58.3. The number of fused-ring (bicyclic) bond motifs is 6. The van der Waals surface area contributed by atoms with Crippen LogP contribution in [-0.2, 0) is 55.6 Å². The van der Waals surface area contributed by atoms with E-state index in [0.29, 0.717) is 0 Å². The number of benzene rings is 12. The summed E-state index contributed by atoms with van der Waals surface area (Å²) in [6.45, 7) is 0. The van der Waals surface area contributed by atoms with E-state index in [9.17, 15) is 0 Å². The van der Waals surface area contributed by atoms with Gasteiger partial charge in [-0.05, 0) is 104 Å². The first-order chi connectivity index (χ1) is 40.2. The Morgan fingerprint density at radius 2 is 0.482 bits per heavy atom. The van der Waals surface area contributed by atoms with Gasteiger partial charge < -0.3 is 12.8 Å². The molecule has 2 aliphatic carbocycles. The summed E-state index contributed by atoms with van der Waals surface area (Å²) < 4.78 is 0. The summed E-state index contributed by atoms with van der Waals surface area (Å²) in [6.07, 6.45) is 15.7. The fraction of sp³-hybridized carbons (Fsp3) is 0.0380. The van der Waals surface area contributed by atoms with Gasteiger partial charge in [0.15, 0.2) is 5.90 Å². The maximum absolute atomic E-state index is 7.84. The Balaban J connectivity index is 0.000000137. The number of rotatable bonds is 10. The van der Waals surface area contributed by atoms with Crippen LogP contribution in [-0.4, -0.2) is 5.90 Å². The van der Waals surface area contributed by atoms with E-state index < -0.39 is 15.8 Å². The van der Waals surface area contributed by atoms with Crippen molar-refractivity contribution >= 4 is 37.1 Å². The third kappa shape index (κ3) is 11.1. The summed E-state index contributed by atoms with van der Waals surface area (Å²) in [4.78, 5) is 0. The van der Waals surface area contributed by atoms with Crippen molar-refractivity contribution in [2.75, 3.05) is 5.90 Å². The predicted molar refractivity (Wildman–Crippen MR) is 346 cm³/mol. The third-order valence-corrected chi connectivity index (χ3v) is 23.0. The zero-order valence-electron chi connectivity index (χ0n) is 45.5. The van der Waals surface area contributed by atoms with Gasteiger partial charge in [0.1, 0.15) is 37.1 Å². The molecule has 0 atom stereocenters. The second-order valence-electron chi connectivity index (χ2n) is 20.4. The molecule has 0 radical (unpaired) electrons. The molecule has 0 bridgehead atoms. The smallest absolute Gasteiger partial charge is 0.366 e. The minimum atomic E-state index is -0.847. The molecule has 0 nitrogen and oxygen atoms in total. The molecule has 2 aliphatic rings. The zero-order chi connectivity index (χ0) is 54.9. The van der Waals surface area contributed by atoms with Crippen LogP contribution in [0.1, 0.15) is 55.6 Å². The van der Waals surface area contributed by atoms with Gasteiger partial charge in [-0.3, -0.25) is 11.8 Å². The van der Waals surface area contributed by atoms with E-state index in [1.165, 1.54) is 82.8 Å². The molecular weight excluding hydrogens is 1230 g/mol. The van der Waals surface area contributed by atoms with Crippen molar-refractivity contribution in [1.29, 1.82) is 0 Å². The van der Waals surface area contributed by atoms with Crippen LogP contribution in [0.25, 0.3) is 22.3 Å². The van der Waals surface area contributed by atoms with Gasteiger partial charge in [-0.15, -0.1) is 23.3 Å². The van der Waals surface area contributed by atoms with Gasteiger partial charge in [0.2, 0.25) is 0 Å². The van der Waals surface area contributed by atoms with Crippen molar-refractivity contribution in [2.24, 2.45) is 0 Å². The minimum absolute atomic E-state index is 0. The van der Waals surface area contributed by atoms with E-state index in [-0.39, 0.29) is 55.6 Å². The van der Waals surface area contributed by atoms with Crippen molar-refractivity contribution in [2.45, 2.75) is 10.8 Å². The Bertz CT molecular complexity index is 3710. The van der Waals surface area contributed by atoms with Crippen LogP contribution in [0.5, 0.6) is 0 Å². The quantitative estimate of drug-likeness (QED) is 0.0554. The maximum Gasteiger partial charge on any atom is 1.00 e. The Kier molecular flexibility index (Phi) is 19.0. The fourth-order valence-corrected chi connectivity index (χ4v) is 20.4. The van der Waals surface area contributed by atoms with Gasteiger partial charge in [0.05, 0.1) is 10.8 Å². The molecule has 0 spiro atoms. The summed E-state index contributed by atoms with van der Waals surface area (Å²) in [5.41, 5.74) is 15.5. The average Bonchev–Trinajstić information content (AvgIpc) is 2.18. The molecule has 83 heavy (non-hydrogen) atoms. The average molecular weight is 1290 g/mol. The van der Waals surface area contributed by atoms with Crippen LogP contribution >= 0.6 is 15.8 Å². The molecule has 12 aromatic rings. The monoisotopic (exact) mass is 1280 g/mol. The maximum atomic E-state index is 7.84. The van der Waals surface area contributed by atoms with Crippen molar-refractivity contribution in [3.63, 3.8) is 0 Å². The van der Waals surface area contributed by atoms with Gasteiger partial charge in [-0.2, -0.15) is 0 Å². The molecule has 0 N–H and O–H groups in total. The van der Waals surface area contributed by atoms with Crippen molar-refractivity contribution < 1.29 is 44.8 Å². The van der Waals surface area contributed by atoms with Crippen LogP contribution in [0.15, 0.2) is 328 Å². The van der Waals surface area contributed by atoms with Crippen LogP contribution in [0.2, 0.25) is 0 Å². The Hall–Kier alpha value is -7.90. The van der Waals surface area contributed by atoms with Gasteiger partial charge in [0.25, 0.3) is 0 Å². The predicted octanol–water partition coefficient (Wildman–Crippen LogP) is 16.6. The molecule has 0 heterocycles. The topological polar surface area (TPSA) is 0 Å². The Morgan fingerprint density at radius 3 is 0.747 bits per heavy atom. The van der Waals surface area contributed by atoms with E-state index in [2.05, 4.69) is 315 Å². The Morgan fingerprint density at radius 1 is 0.253 bits per heavy atom. The molecule has 4 heteroatoms. The standard InChI is InChI=1S/2C27H17.C25H22P2.2Ag/c2*1-2-20-12-11-19-25-26(20)23-17-9-10-18-24(23)27(25,21-13-5-3-6-14-21)22-15-7-4-8-16-22;1-5-13-22(14-6-1)26(23-15-7-2-8-16-23)21-27(24-17-9-3-10-18-24)25-19-11-4-12-20-25;;/h2*3-19H;1-20H,21H2;;/q2*-1;;2*+1/p+2. The molecule has 0 fully saturated rings. The van der Waals surface area contributed by atoms with Crippen molar-refractivity contribution in [3.8, 4) is 34.1 Å². The summed E-state index contributed by atoms with van der Waals surface area (Å²) in [6, 6.07) is 117. The number of hydrogen-bond acceptors (Lipinski definition) is 0. The molecular formula is C79H58Ag2P2+2. The van der Waals surface area contributed by atoms with Gasteiger partial charge in [-0.25, -0.2) is 0 Å². The van der Waals surface area contributed by atoms with Gasteiger partial charge in [-0.1, -0.05) is 278 Å². The first-order valence-corrected chi connectivity index (χ1v) is 31.0. The normalized spacial score (nSPS) is 12.3. The number of hydrogen-bond donors (Lipinski definition) is 0. The largest absolute Gasteiger partial charge is 1.00 e. The summed E-state index contributed by atoms with van der Waals surface area (Å²) >= 11 is 0. The van der Waals surface area contributed by atoms with E-state index in [1.807, 2.05) is 24.3 Å².